The highest BCUT2D eigenvalue weighted by Gasteiger charge is 2.20. The van der Waals surface area contributed by atoms with Gasteiger partial charge in [0.05, 0.1) is 0 Å². The predicted molar refractivity (Wildman–Crippen MR) is 103 cm³/mol. The molecule has 1 aliphatic heterocycles. The number of hydrogen-bond donors (Lipinski definition) is 0. The summed E-state index contributed by atoms with van der Waals surface area (Å²) < 4.78 is 7.10. The summed E-state index contributed by atoms with van der Waals surface area (Å²) in [4.78, 5) is 27.8. The third kappa shape index (κ3) is 3.95. The van der Waals surface area contributed by atoms with E-state index in [1.54, 1.807) is 23.3 Å². The first-order valence-corrected chi connectivity index (χ1v) is 9.87. The molecule has 0 aliphatic carbocycles. The molecule has 0 unspecified atom stereocenters. The zero-order chi connectivity index (χ0) is 19.3. The molecule has 1 saturated heterocycles. The average molecular weight is 380 g/mol. The highest BCUT2D eigenvalue weighted by molar-refractivity contribution is 5.92. The van der Waals surface area contributed by atoms with Gasteiger partial charge in [-0.15, -0.1) is 0 Å². The molecule has 4 heterocycles. The number of pyridine rings is 1. The fourth-order valence-electron chi connectivity index (χ4n) is 3.38. The van der Waals surface area contributed by atoms with Gasteiger partial charge in [-0.2, -0.15) is 4.98 Å². The number of hydrogen-bond acceptors (Lipinski definition) is 6. The Hall–Kier alpha value is -3.03. The van der Waals surface area contributed by atoms with Crippen molar-refractivity contribution in [3.8, 4) is 17.3 Å². The minimum Gasteiger partial charge on any atom is -0.337 e. The largest absolute Gasteiger partial charge is 0.337 e. The molecule has 3 aromatic heterocycles. The smallest absolute Gasteiger partial charge is 0.274 e. The van der Waals surface area contributed by atoms with Crippen LogP contribution in [-0.2, 0) is 6.42 Å². The highest BCUT2D eigenvalue weighted by atomic mass is 16.5. The summed E-state index contributed by atoms with van der Waals surface area (Å²) in [7, 11) is 0. The van der Waals surface area contributed by atoms with E-state index < -0.39 is 0 Å². The summed E-state index contributed by atoms with van der Waals surface area (Å²) in [5.74, 6) is 1.80. The summed E-state index contributed by atoms with van der Waals surface area (Å²) in [5.41, 5.74) is 1.23. The molecule has 1 aliphatic rings. The molecule has 4 rings (SSSR count). The van der Waals surface area contributed by atoms with Crippen molar-refractivity contribution in [2.24, 2.45) is 0 Å². The van der Waals surface area contributed by atoms with Gasteiger partial charge in [-0.25, -0.2) is 9.97 Å². The molecule has 1 fully saturated rings. The van der Waals surface area contributed by atoms with E-state index in [4.69, 9.17) is 4.52 Å². The van der Waals surface area contributed by atoms with E-state index in [-0.39, 0.29) is 5.91 Å². The summed E-state index contributed by atoms with van der Waals surface area (Å²) in [6, 6.07) is 3.68. The van der Waals surface area contributed by atoms with Crippen LogP contribution in [0.3, 0.4) is 0 Å². The van der Waals surface area contributed by atoms with Crippen molar-refractivity contribution in [1.82, 2.24) is 29.6 Å². The first-order chi connectivity index (χ1) is 13.7. The normalized spacial score (nSPS) is 14.8. The lowest BCUT2D eigenvalue weighted by molar-refractivity contribution is 0.0756. The Bertz CT molecular complexity index is 940. The maximum Gasteiger partial charge on any atom is 0.274 e. The number of amides is 1. The predicted octanol–water partition coefficient (Wildman–Crippen LogP) is 3.29. The van der Waals surface area contributed by atoms with Crippen molar-refractivity contribution < 1.29 is 9.32 Å². The molecule has 8 heteroatoms. The third-order valence-corrected chi connectivity index (χ3v) is 4.89. The first kappa shape index (κ1) is 18.3. The van der Waals surface area contributed by atoms with Crippen LogP contribution in [0.25, 0.3) is 17.3 Å². The number of carbonyl (C=O) groups is 1. The minimum absolute atomic E-state index is 0.0158. The van der Waals surface area contributed by atoms with Crippen molar-refractivity contribution in [1.29, 1.82) is 0 Å². The van der Waals surface area contributed by atoms with Gasteiger partial charge in [0.15, 0.2) is 5.82 Å². The fraction of sp³-hybridized carbons (Fsp3) is 0.450. The third-order valence-electron chi connectivity index (χ3n) is 4.89. The summed E-state index contributed by atoms with van der Waals surface area (Å²) in [5, 5.41) is 4.00. The van der Waals surface area contributed by atoms with Gasteiger partial charge in [0, 0.05) is 37.5 Å². The van der Waals surface area contributed by atoms with Crippen molar-refractivity contribution >= 4 is 5.91 Å². The van der Waals surface area contributed by atoms with Gasteiger partial charge < -0.3 is 9.42 Å². The van der Waals surface area contributed by atoms with E-state index in [9.17, 15) is 4.79 Å². The molecule has 0 atom stereocenters. The molecule has 0 saturated carbocycles. The van der Waals surface area contributed by atoms with Gasteiger partial charge >= 0.3 is 0 Å². The Morgan fingerprint density at radius 2 is 2.00 bits per heavy atom. The number of rotatable bonds is 5. The van der Waals surface area contributed by atoms with Crippen LogP contribution >= 0.6 is 0 Å². The molecule has 0 radical (unpaired) electrons. The van der Waals surface area contributed by atoms with Gasteiger partial charge in [-0.3, -0.25) is 9.36 Å². The lowest BCUT2D eigenvalue weighted by atomic mass is 10.2. The molecular weight excluding hydrogens is 356 g/mol. The van der Waals surface area contributed by atoms with E-state index in [0.717, 1.165) is 44.3 Å². The molecule has 1 amide bonds. The van der Waals surface area contributed by atoms with Crippen LogP contribution in [0, 0.1) is 0 Å². The van der Waals surface area contributed by atoms with E-state index in [2.05, 4.69) is 27.0 Å². The molecule has 28 heavy (non-hydrogen) atoms. The van der Waals surface area contributed by atoms with Crippen LogP contribution in [0.15, 0.2) is 35.4 Å². The topological polar surface area (TPSA) is 89.9 Å². The van der Waals surface area contributed by atoms with Crippen molar-refractivity contribution in [3.05, 3.63) is 42.4 Å². The van der Waals surface area contributed by atoms with Gasteiger partial charge in [0.1, 0.15) is 17.8 Å². The second-order valence-electron chi connectivity index (χ2n) is 7.04. The zero-order valence-corrected chi connectivity index (χ0v) is 16.0. The molecule has 0 bridgehead atoms. The molecule has 146 valence electrons. The van der Waals surface area contributed by atoms with Gasteiger partial charge in [-0.1, -0.05) is 24.9 Å². The van der Waals surface area contributed by atoms with Crippen molar-refractivity contribution in [2.45, 2.75) is 45.4 Å². The molecule has 0 N–H and O–H groups in total. The summed E-state index contributed by atoms with van der Waals surface area (Å²) in [6.45, 7) is 3.68. The molecular formula is C20H24N6O2. The Morgan fingerprint density at radius 3 is 2.79 bits per heavy atom. The maximum absolute atomic E-state index is 12.7. The standard InChI is InChI=1S/C20H24N6O2/c1-2-7-17-23-19(28-24-17)15-8-9-21-18(12-15)26-13-16(22-14-26)20(27)25-10-5-3-4-6-11-25/h8-9,12-14H,2-7,10-11H2,1H3. The zero-order valence-electron chi connectivity index (χ0n) is 16.0. The number of likely N-dealkylation sites (tertiary alicyclic amines) is 1. The van der Waals surface area contributed by atoms with Crippen LogP contribution in [-0.4, -0.2) is 48.6 Å². The van der Waals surface area contributed by atoms with Crippen LogP contribution in [0.2, 0.25) is 0 Å². The van der Waals surface area contributed by atoms with E-state index in [0.29, 0.717) is 23.2 Å². The quantitative estimate of drug-likeness (QED) is 0.675. The van der Waals surface area contributed by atoms with Gasteiger partial charge in [-0.05, 0) is 31.4 Å². The fourth-order valence-corrected chi connectivity index (χ4v) is 3.38. The maximum atomic E-state index is 12.7. The Kier molecular flexibility index (Phi) is 5.45. The van der Waals surface area contributed by atoms with Gasteiger partial charge in [0.25, 0.3) is 11.8 Å². The van der Waals surface area contributed by atoms with Crippen LogP contribution in [0.4, 0.5) is 0 Å². The number of aryl methyl sites for hydroxylation is 1. The van der Waals surface area contributed by atoms with Crippen molar-refractivity contribution in [2.75, 3.05) is 13.1 Å². The van der Waals surface area contributed by atoms with Crippen LogP contribution < -0.4 is 0 Å². The Balaban J connectivity index is 1.54. The van der Waals surface area contributed by atoms with Crippen LogP contribution in [0.5, 0.6) is 0 Å². The molecule has 0 aromatic carbocycles. The lowest BCUT2D eigenvalue weighted by Gasteiger charge is -2.18. The van der Waals surface area contributed by atoms with Gasteiger partial charge in [0.2, 0.25) is 0 Å². The second kappa shape index (κ2) is 8.33. The molecule has 3 aromatic rings. The number of carbonyl (C=O) groups excluding carboxylic acids is 1. The van der Waals surface area contributed by atoms with E-state index in [1.165, 1.54) is 12.8 Å². The Morgan fingerprint density at radius 1 is 1.18 bits per heavy atom. The summed E-state index contributed by atoms with van der Waals surface area (Å²) in [6.07, 6.45) is 11.3. The highest BCUT2D eigenvalue weighted by Crippen LogP contribution is 2.20. The monoisotopic (exact) mass is 380 g/mol. The summed E-state index contributed by atoms with van der Waals surface area (Å²) >= 11 is 0. The molecule has 0 spiro atoms. The van der Waals surface area contributed by atoms with Crippen molar-refractivity contribution in [3.63, 3.8) is 0 Å². The average Bonchev–Trinajstić information content (AvgIpc) is 3.32. The lowest BCUT2D eigenvalue weighted by Crippen LogP contribution is -2.32. The number of nitrogens with zero attached hydrogens (tertiary/aromatic N) is 6. The molecule has 8 nitrogen and oxygen atoms in total. The number of aromatic nitrogens is 5. The second-order valence-corrected chi connectivity index (χ2v) is 7.04. The van der Waals surface area contributed by atoms with E-state index >= 15 is 0 Å². The van der Waals surface area contributed by atoms with Crippen LogP contribution in [0.1, 0.15) is 55.3 Å². The first-order valence-electron chi connectivity index (χ1n) is 9.87. The Labute approximate surface area is 163 Å². The minimum atomic E-state index is -0.0158. The number of imidazole rings is 1. The SMILES string of the molecule is CCCc1noc(-c2ccnc(-n3cnc(C(=O)N4CCCCCC4)c3)c2)n1. The van der Waals surface area contributed by atoms with E-state index in [1.807, 2.05) is 17.0 Å².